The topological polar surface area (TPSA) is 58.2 Å². The Kier molecular flexibility index (Phi) is 34.0. The zero-order chi connectivity index (χ0) is 32.4. The van der Waals surface area contributed by atoms with Crippen LogP contribution >= 0.6 is 0 Å². The quantitative estimate of drug-likeness (QED) is 0.0692. The van der Waals surface area contributed by atoms with Gasteiger partial charge < -0.3 is 10.6 Å². The molecule has 2 unspecified atom stereocenters. The van der Waals surface area contributed by atoms with Crippen molar-refractivity contribution in [1.82, 2.24) is 10.6 Å². The van der Waals surface area contributed by atoms with Gasteiger partial charge in [-0.05, 0) is 24.7 Å². The highest BCUT2D eigenvalue weighted by Crippen LogP contribution is 2.33. The molecule has 0 aliphatic heterocycles. The Morgan fingerprint density at radius 2 is 0.591 bits per heavy atom. The molecule has 0 saturated heterocycles. The molecule has 0 aliphatic carbocycles. The van der Waals surface area contributed by atoms with Gasteiger partial charge in [-0.2, -0.15) is 0 Å². The van der Waals surface area contributed by atoms with E-state index in [1.165, 1.54) is 180 Å². The first-order valence-corrected chi connectivity index (χ1v) is 20.0. The molecule has 0 saturated carbocycles. The van der Waals surface area contributed by atoms with Gasteiger partial charge >= 0.3 is 0 Å². The fourth-order valence-electron chi connectivity index (χ4n) is 6.96. The lowest BCUT2D eigenvalue weighted by Gasteiger charge is -2.28. The van der Waals surface area contributed by atoms with E-state index in [0.29, 0.717) is 0 Å². The maximum Gasteiger partial charge on any atom is 0.216 e. The molecular weight excluding hydrogens is 540 g/mol. The van der Waals surface area contributed by atoms with Crippen molar-refractivity contribution >= 4 is 11.8 Å². The fraction of sp³-hybridized carbons (Fsp3) is 0.950. The first kappa shape index (κ1) is 42.9. The maximum absolute atomic E-state index is 11.1. The molecule has 0 radical (unpaired) electrons. The first-order chi connectivity index (χ1) is 21.5. The number of rotatable bonds is 35. The van der Waals surface area contributed by atoms with Gasteiger partial charge in [0, 0.05) is 26.9 Å². The summed E-state index contributed by atoms with van der Waals surface area (Å²) in [5.74, 6) is 2.06. The van der Waals surface area contributed by atoms with Crippen LogP contribution in [0.25, 0.3) is 0 Å². The van der Waals surface area contributed by atoms with E-state index in [4.69, 9.17) is 0 Å². The molecule has 2 amide bonds. The van der Waals surface area contributed by atoms with Crippen LogP contribution in [-0.4, -0.2) is 24.9 Å². The monoisotopic (exact) mass is 621 g/mol. The van der Waals surface area contributed by atoms with Gasteiger partial charge in [0.1, 0.15) is 0 Å². The van der Waals surface area contributed by atoms with Crippen LogP contribution in [0.2, 0.25) is 0 Å². The Morgan fingerprint density at radius 1 is 0.364 bits per heavy atom. The Labute approximate surface area is 276 Å². The third kappa shape index (κ3) is 32.3. The molecule has 0 aliphatic rings. The molecular formula is C40H80N2O2. The Bertz CT molecular complexity index is 556. The van der Waals surface area contributed by atoms with Gasteiger partial charge in [0.25, 0.3) is 0 Å². The van der Waals surface area contributed by atoms with Crippen molar-refractivity contribution in [2.24, 2.45) is 11.8 Å². The van der Waals surface area contributed by atoms with Crippen LogP contribution < -0.4 is 10.6 Å². The predicted octanol–water partition coefficient (Wildman–Crippen LogP) is 12.2. The normalized spacial score (nSPS) is 12.7. The summed E-state index contributed by atoms with van der Waals surface area (Å²) >= 11 is 0. The molecule has 4 heteroatoms. The molecule has 0 aromatic rings. The van der Waals surface area contributed by atoms with E-state index in [0.717, 1.165) is 37.8 Å². The molecule has 0 rings (SSSR count). The van der Waals surface area contributed by atoms with Crippen LogP contribution in [0.1, 0.15) is 220 Å². The van der Waals surface area contributed by atoms with Crippen LogP contribution in [0.15, 0.2) is 0 Å². The third-order valence-corrected chi connectivity index (χ3v) is 9.77. The van der Waals surface area contributed by atoms with Gasteiger partial charge in [-0.1, -0.05) is 194 Å². The van der Waals surface area contributed by atoms with Gasteiger partial charge in [0.2, 0.25) is 11.8 Å². The van der Waals surface area contributed by atoms with E-state index in [1.54, 1.807) is 13.8 Å². The lowest BCUT2D eigenvalue weighted by atomic mass is 9.78. The molecule has 0 spiro atoms. The second-order valence-corrected chi connectivity index (χ2v) is 14.1. The van der Waals surface area contributed by atoms with Gasteiger partial charge in [-0.3, -0.25) is 9.59 Å². The van der Waals surface area contributed by atoms with Crippen molar-refractivity contribution in [3.63, 3.8) is 0 Å². The summed E-state index contributed by atoms with van der Waals surface area (Å²) in [6, 6.07) is 0. The van der Waals surface area contributed by atoms with E-state index in [9.17, 15) is 9.59 Å². The van der Waals surface area contributed by atoms with Crippen molar-refractivity contribution in [2.75, 3.05) is 13.1 Å². The summed E-state index contributed by atoms with van der Waals surface area (Å²) in [6.45, 7) is 9.54. The molecule has 44 heavy (non-hydrogen) atoms. The number of carbonyl (C=O) groups is 2. The second kappa shape index (κ2) is 34.8. The van der Waals surface area contributed by atoms with Crippen molar-refractivity contribution in [1.29, 1.82) is 0 Å². The molecule has 262 valence electrons. The van der Waals surface area contributed by atoms with Gasteiger partial charge in [0.15, 0.2) is 0 Å². The number of hydrogen-bond donors (Lipinski definition) is 2. The highest BCUT2D eigenvalue weighted by atomic mass is 16.2. The van der Waals surface area contributed by atoms with E-state index in [1.807, 2.05) is 0 Å². The summed E-state index contributed by atoms with van der Waals surface area (Å²) in [5, 5.41) is 5.87. The van der Waals surface area contributed by atoms with Crippen LogP contribution in [0.3, 0.4) is 0 Å². The average Bonchev–Trinajstić information content (AvgIpc) is 3.00. The van der Waals surface area contributed by atoms with Crippen molar-refractivity contribution in [2.45, 2.75) is 220 Å². The molecule has 0 heterocycles. The summed E-state index contributed by atoms with van der Waals surface area (Å²) in [4.78, 5) is 22.1. The number of unbranched alkanes of at least 4 members (excludes halogenated alkanes) is 22. The maximum atomic E-state index is 11.1. The van der Waals surface area contributed by atoms with Crippen molar-refractivity contribution in [3.8, 4) is 0 Å². The first-order valence-electron chi connectivity index (χ1n) is 20.0. The number of amides is 2. The molecule has 0 bridgehead atoms. The van der Waals surface area contributed by atoms with E-state index in [-0.39, 0.29) is 11.8 Å². The summed E-state index contributed by atoms with van der Waals surface area (Å²) in [5.41, 5.74) is 0. The molecule has 0 aromatic carbocycles. The third-order valence-electron chi connectivity index (χ3n) is 9.77. The minimum absolute atomic E-state index is 0.0988. The van der Waals surface area contributed by atoms with E-state index < -0.39 is 0 Å². The fourth-order valence-corrected chi connectivity index (χ4v) is 6.96. The van der Waals surface area contributed by atoms with Gasteiger partial charge in [0.05, 0.1) is 0 Å². The second-order valence-electron chi connectivity index (χ2n) is 14.1. The molecule has 2 atom stereocenters. The minimum Gasteiger partial charge on any atom is -0.356 e. The summed E-state index contributed by atoms with van der Waals surface area (Å²) < 4.78 is 0. The molecule has 0 fully saturated rings. The number of carbonyl (C=O) groups excluding carboxylic acids is 2. The van der Waals surface area contributed by atoms with Crippen LogP contribution in [0, 0.1) is 11.8 Å². The summed E-state index contributed by atoms with van der Waals surface area (Å²) in [7, 11) is 0. The SMILES string of the molecule is CCCCCCCCCC(CCCCCCCCNC(C)=O)C(CCCCCCCCC)CCCCCCCCNC(C)=O. The zero-order valence-electron chi connectivity index (χ0n) is 30.6. The highest BCUT2D eigenvalue weighted by Gasteiger charge is 2.20. The summed E-state index contributed by atoms with van der Waals surface area (Å²) in [6.07, 6.45) is 41.4. The van der Waals surface area contributed by atoms with Crippen LogP contribution in [0.4, 0.5) is 0 Å². The smallest absolute Gasteiger partial charge is 0.216 e. The zero-order valence-corrected chi connectivity index (χ0v) is 30.6. The van der Waals surface area contributed by atoms with Crippen molar-refractivity contribution < 1.29 is 9.59 Å². The lowest BCUT2D eigenvalue weighted by molar-refractivity contribution is -0.119. The molecule has 2 N–H and O–H groups in total. The molecule has 0 aromatic heterocycles. The van der Waals surface area contributed by atoms with E-state index in [2.05, 4.69) is 24.5 Å². The van der Waals surface area contributed by atoms with Gasteiger partial charge in [-0.15, -0.1) is 0 Å². The predicted molar refractivity (Wildman–Crippen MR) is 194 cm³/mol. The Hall–Kier alpha value is -1.06. The van der Waals surface area contributed by atoms with E-state index >= 15 is 0 Å². The average molecular weight is 621 g/mol. The Balaban J connectivity index is 4.76. The highest BCUT2D eigenvalue weighted by molar-refractivity contribution is 5.72. The van der Waals surface area contributed by atoms with Crippen molar-refractivity contribution in [3.05, 3.63) is 0 Å². The van der Waals surface area contributed by atoms with Crippen LogP contribution in [0.5, 0.6) is 0 Å². The van der Waals surface area contributed by atoms with Gasteiger partial charge in [-0.25, -0.2) is 0 Å². The number of hydrogen-bond acceptors (Lipinski definition) is 2. The molecule has 4 nitrogen and oxygen atoms in total. The Morgan fingerprint density at radius 3 is 0.841 bits per heavy atom. The minimum atomic E-state index is 0.0988. The largest absolute Gasteiger partial charge is 0.356 e. The standard InChI is InChI=1S/C40H80N2O2/c1-5-7-9-11-13-19-25-31-39(33-27-21-15-17-23-29-35-41-37(3)43)40(32-26-20-14-12-10-8-6-2)34-28-22-16-18-24-30-36-42-38(4)44/h39-40H,5-36H2,1-4H3,(H,41,43)(H,42,44). The lowest BCUT2D eigenvalue weighted by Crippen LogP contribution is -2.20. The van der Waals surface area contributed by atoms with Crippen LogP contribution in [-0.2, 0) is 9.59 Å². The number of nitrogens with one attached hydrogen (secondary N) is 2.